The van der Waals surface area contributed by atoms with Gasteiger partial charge in [0.05, 0.1) is 0 Å². The zero-order valence-corrected chi connectivity index (χ0v) is 11.9. The van der Waals surface area contributed by atoms with Crippen molar-refractivity contribution < 1.29 is 52.8 Å². The van der Waals surface area contributed by atoms with Gasteiger partial charge < -0.3 is 7.16 Å². The molecule has 0 heterocycles. The summed E-state index contributed by atoms with van der Waals surface area (Å²) in [6.07, 6.45) is 8.05. The van der Waals surface area contributed by atoms with Gasteiger partial charge in [-0.15, -0.1) is 12.4 Å². The monoisotopic (exact) mass is 205 g/mol. The van der Waals surface area contributed by atoms with E-state index in [0.717, 1.165) is 6.54 Å². The van der Waals surface area contributed by atoms with Gasteiger partial charge in [0, 0.05) is 0 Å². The maximum absolute atomic E-state index is 5.34. The normalized spacial score (nSPS) is 8.18. The van der Waals surface area contributed by atoms with Crippen LogP contribution in [-0.2, 0) is 0 Å². The van der Waals surface area contributed by atoms with Crippen LogP contribution < -0.4 is 57.1 Å². The van der Waals surface area contributed by atoms with Crippen molar-refractivity contribution in [3.63, 3.8) is 0 Å². The number of halogens is 1. The first kappa shape index (κ1) is 18.6. The molecule has 0 rings (SSSR count). The molecule has 66 valence electrons. The van der Waals surface area contributed by atoms with Crippen molar-refractivity contribution in [3.8, 4) is 0 Å². The zero-order chi connectivity index (χ0) is 6.95. The van der Waals surface area contributed by atoms with Crippen LogP contribution in [0.3, 0.4) is 0 Å². The Bertz CT molecular complexity index is 52.3. The Morgan fingerprint density at radius 1 is 1.00 bits per heavy atom. The molecular weight excluding hydrogens is 185 g/mol. The van der Waals surface area contributed by atoms with Crippen LogP contribution in [0.15, 0.2) is 0 Å². The van der Waals surface area contributed by atoms with E-state index in [1.54, 1.807) is 0 Å². The second kappa shape index (κ2) is 17.8. The third-order valence-corrected chi connectivity index (χ3v) is 1.56. The van der Waals surface area contributed by atoms with Crippen LogP contribution in [0.25, 0.3) is 0 Å². The average molecular weight is 206 g/mol. The fourth-order valence-electron chi connectivity index (χ4n) is 0.925. The summed E-state index contributed by atoms with van der Waals surface area (Å²) in [4.78, 5) is 0. The van der Waals surface area contributed by atoms with E-state index in [1.165, 1.54) is 38.5 Å². The molecule has 0 atom stereocenters. The first-order valence-electron chi connectivity index (χ1n) is 4.12. The van der Waals surface area contributed by atoms with Gasteiger partial charge in [-0.3, -0.25) is 0 Å². The molecule has 0 saturated carbocycles. The SMILES string of the molecule is CCCCCCCCN.Cl.[H-].[K+]. The van der Waals surface area contributed by atoms with Gasteiger partial charge in [0.2, 0.25) is 0 Å². The minimum Gasteiger partial charge on any atom is -1.00 e. The van der Waals surface area contributed by atoms with Gasteiger partial charge >= 0.3 is 51.4 Å². The van der Waals surface area contributed by atoms with Gasteiger partial charge in [-0.1, -0.05) is 39.0 Å². The van der Waals surface area contributed by atoms with Crippen LogP contribution in [0.2, 0.25) is 0 Å². The summed E-state index contributed by atoms with van der Waals surface area (Å²) in [5, 5.41) is 0. The molecule has 0 aliphatic carbocycles. The smallest absolute Gasteiger partial charge is 1.00 e. The zero-order valence-electron chi connectivity index (χ0n) is 8.94. The van der Waals surface area contributed by atoms with Gasteiger partial charge in [0.1, 0.15) is 0 Å². The number of nitrogens with two attached hydrogens (primary N) is 1. The van der Waals surface area contributed by atoms with E-state index in [9.17, 15) is 0 Å². The Morgan fingerprint density at radius 3 is 1.91 bits per heavy atom. The predicted octanol–water partition coefficient (Wildman–Crippen LogP) is -0.156. The van der Waals surface area contributed by atoms with Crippen LogP contribution in [0, 0.1) is 0 Å². The van der Waals surface area contributed by atoms with Crippen molar-refractivity contribution >= 4 is 12.4 Å². The molecule has 0 aromatic heterocycles. The molecule has 0 bridgehead atoms. The molecule has 0 unspecified atom stereocenters. The molecule has 0 aliphatic rings. The minimum absolute atomic E-state index is 0. The maximum atomic E-state index is 5.34. The van der Waals surface area contributed by atoms with E-state index in [0.29, 0.717) is 0 Å². The summed E-state index contributed by atoms with van der Waals surface area (Å²) >= 11 is 0. The van der Waals surface area contributed by atoms with Crippen LogP contribution >= 0.6 is 12.4 Å². The first-order valence-corrected chi connectivity index (χ1v) is 4.12. The van der Waals surface area contributed by atoms with Crippen LogP contribution in [0.5, 0.6) is 0 Å². The molecule has 11 heavy (non-hydrogen) atoms. The Labute approximate surface area is 121 Å². The second-order valence-electron chi connectivity index (χ2n) is 2.56. The average Bonchev–Trinajstić information content (AvgIpc) is 1.89. The Kier molecular flexibility index (Phi) is 30.2. The second-order valence-corrected chi connectivity index (χ2v) is 2.56. The van der Waals surface area contributed by atoms with Gasteiger partial charge in [-0.25, -0.2) is 0 Å². The third-order valence-electron chi connectivity index (χ3n) is 1.56. The van der Waals surface area contributed by atoms with Crippen molar-refractivity contribution in [2.75, 3.05) is 6.54 Å². The van der Waals surface area contributed by atoms with Crippen LogP contribution in [0.4, 0.5) is 0 Å². The molecular formula is C8H21ClKN. The molecule has 0 saturated heterocycles. The fraction of sp³-hybridized carbons (Fsp3) is 1.00. The molecule has 1 nitrogen and oxygen atoms in total. The fourth-order valence-corrected chi connectivity index (χ4v) is 0.925. The van der Waals surface area contributed by atoms with Crippen LogP contribution in [-0.4, -0.2) is 6.54 Å². The molecule has 2 N–H and O–H groups in total. The van der Waals surface area contributed by atoms with Gasteiger partial charge in [0.15, 0.2) is 0 Å². The molecule has 0 aliphatic heterocycles. The first-order chi connectivity index (χ1) is 4.41. The summed E-state index contributed by atoms with van der Waals surface area (Å²) < 4.78 is 0. The van der Waals surface area contributed by atoms with Crippen molar-refractivity contribution in [1.29, 1.82) is 0 Å². The topological polar surface area (TPSA) is 26.0 Å². The summed E-state index contributed by atoms with van der Waals surface area (Å²) in [6, 6.07) is 0. The van der Waals surface area contributed by atoms with E-state index in [-0.39, 0.29) is 65.2 Å². The largest absolute Gasteiger partial charge is 1.00 e. The number of hydrogen-bond donors (Lipinski definition) is 1. The van der Waals surface area contributed by atoms with E-state index in [4.69, 9.17) is 5.73 Å². The summed E-state index contributed by atoms with van der Waals surface area (Å²) in [6.45, 7) is 3.11. The standard InChI is InChI=1S/C8H19N.ClH.K.H/c1-2-3-4-5-6-7-8-9;;;/h2-9H2,1H3;1H;;/q;;+1;-1. The number of unbranched alkanes of at least 4 members (excludes halogenated alkanes) is 5. The minimum atomic E-state index is 0. The summed E-state index contributed by atoms with van der Waals surface area (Å²) in [5.74, 6) is 0. The van der Waals surface area contributed by atoms with E-state index >= 15 is 0 Å². The quantitative estimate of drug-likeness (QED) is 0.474. The van der Waals surface area contributed by atoms with E-state index in [1.807, 2.05) is 0 Å². The summed E-state index contributed by atoms with van der Waals surface area (Å²) in [5.41, 5.74) is 5.34. The molecule has 3 heteroatoms. The van der Waals surface area contributed by atoms with Gasteiger partial charge in [-0.2, -0.15) is 0 Å². The van der Waals surface area contributed by atoms with E-state index in [2.05, 4.69) is 6.92 Å². The van der Waals surface area contributed by atoms with Crippen LogP contribution in [0.1, 0.15) is 46.9 Å². The maximum Gasteiger partial charge on any atom is 1.00 e. The van der Waals surface area contributed by atoms with E-state index < -0.39 is 0 Å². The Balaban J connectivity index is -0.000000107. The Morgan fingerprint density at radius 2 is 1.45 bits per heavy atom. The third kappa shape index (κ3) is 18.7. The van der Waals surface area contributed by atoms with Gasteiger partial charge in [-0.05, 0) is 13.0 Å². The molecule has 0 spiro atoms. The molecule has 0 fully saturated rings. The predicted molar refractivity (Wildman–Crippen MR) is 50.8 cm³/mol. The molecule has 0 aromatic carbocycles. The van der Waals surface area contributed by atoms with Crippen molar-refractivity contribution in [2.24, 2.45) is 5.73 Å². The van der Waals surface area contributed by atoms with Crippen molar-refractivity contribution in [1.82, 2.24) is 0 Å². The van der Waals surface area contributed by atoms with Crippen molar-refractivity contribution in [2.45, 2.75) is 45.4 Å². The molecule has 0 radical (unpaired) electrons. The molecule has 0 aromatic rings. The van der Waals surface area contributed by atoms with Gasteiger partial charge in [0.25, 0.3) is 0 Å². The molecule has 0 amide bonds. The Hall–Kier alpha value is 1.89. The van der Waals surface area contributed by atoms with Crippen molar-refractivity contribution in [3.05, 3.63) is 0 Å². The number of rotatable bonds is 6. The number of hydrogen-bond acceptors (Lipinski definition) is 1. The summed E-state index contributed by atoms with van der Waals surface area (Å²) in [7, 11) is 0.